The predicted molar refractivity (Wildman–Crippen MR) is 64.5 cm³/mol. The third-order valence-electron chi connectivity index (χ3n) is 2.28. The van der Waals surface area contributed by atoms with Gasteiger partial charge in [-0.25, -0.2) is 0 Å². The van der Waals surface area contributed by atoms with Gasteiger partial charge < -0.3 is 14.2 Å². The van der Waals surface area contributed by atoms with E-state index in [1.54, 1.807) is 0 Å². The molecule has 0 atom stereocenters. The maximum Gasteiger partial charge on any atom is 0.488 e. The third-order valence-corrected chi connectivity index (χ3v) is 2.66. The van der Waals surface area contributed by atoms with E-state index in [-0.39, 0.29) is 23.1 Å². The zero-order chi connectivity index (χ0) is 14.6. The molecule has 0 amide bonds. The summed E-state index contributed by atoms with van der Waals surface area (Å²) in [6, 6.07) is 2.25. The molecule has 0 unspecified atom stereocenters. The van der Waals surface area contributed by atoms with Crippen LogP contribution in [-0.4, -0.2) is 25.6 Å². The highest BCUT2D eigenvalue weighted by atomic mass is 32.3. The summed E-state index contributed by atoms with van der Waals surface area (Å²) in [4.78, 5) is 2.52. The second-order valence-electron chi connectivity index (χ2n) is 3.54. The van der Waals surface area contributed by atoms with E-state index in [9.17, 15) is 12.3 Å². The zero-order valence-electron chi connectivity index (χ0n) is 9.69. The molecule has 0 heterocycles. The Kier molecular flexibility index (Phi) is 4.73. The van der Waals surface area contributed by atoms with Gasteiger partial charge in [-0.2, -0.15) is 8.42 Å². The first-order chi connectivity index (χ1) is 8.74. The van der Waals surface area contributed by atoms with Crippen molar-refractivity contribution in [2.45, 2.75) is 13.5 Å². The summed E-state index contributed by atoms with van der Waals surface area (Å²) in [5.74, 6) is -0.406. The SMILES string of the molecule is Cc1c(CN=[N+]=[N-])cc(B(O)O)cc1OS(=O)(=O)F. The smallest absolute Gasteiger partial charge is 0.423 e. The van der Waals surface area contributed by atoms with Gasteiger partial charge in [0.1, 0.15) is 5.75 Å². The number of rotatable bonds is 5. The van der Waals surface area contributed by atoms with E-state index < -0.39 is 23.4 Å². The van der Waals surface area contributed by atoms with Crippen LogP contribution >= 0.6 is 0 Å². The van der Waals surface area contributed by atoms with Gasteiger partial charge >= 0.3 is 17.6 Å². The van der Waals surface area contributed by atoms with E-state index in [1.165, 1.54) is 13.0 Å². The van der Waals surface area contributed by atoms with E-state index in [2.05, 4.69) is 14.2 Å². The number of azide groups is 1. The third kappa shape index (κ3) is 4.41. The van der Waals surface area contributed by atoms with E-state index >= 15 is 0 Å². The summed E-state index contributed by atoms with van der Waals surface area (Å²) < 4.78 is 37.5. The van der Waals surface area contributed by atoms with E-state index in [0.29, 0.717) is 0 Å². The molecule has 0 saturated carbocycles. The van der Waals surface area contributed by atoms with Crippen LogP contribution in [0.4, 0.5) is 3.89 Å². The Morgan fingerprint density at radius 3 is 2.63 bits per heavy atom. The highest BCUT2D eigenvalue weighted by Crippen LogP contribution is 2.23. The molecular formula is C8H9BFN3O5S. The van der Waals surface area contributed by atoms with Crippen molar-refractivity contribution < 1.29 is 26.5 Å². The van der Waals surface area contributed by atoms with Crippen molar-refractivity contribution in [1.29, 1.82) is 0 Å². The highest BCUT2D eigenvalue weighted by Gasteiger charge is 2.19. The van der Waals surface area contributed by atoms with Crippen molar-refractivity contribution >= 4 is 23.1 Å². The van der Waals surface area contributed by atoms with Crippen molar-refractivity contribution in [3.63, 3.8) is 0 Å². The van der Waals surface area contributed by atoms with Crippen LogP contribution in [0.1, 0.15) is 11.1 Å². The molecule has 0 aromatic heterocycles. The molecule has 11 heteroatoms. The molecule has 0 saturated heterocycles. The Labute approximate surface area is 108 Å². The van der Waals surface area contributed by atoms with Gasteiger partial charge in [0, 0.05) is 4.91 Å². The van der Waals surface area contributed by atoms with Gasteiger partial charge in [0.05, 0.1) is 6.54 Å². The van der Waals surface area contributed by atoms with Gasteiger partial charge in [-0.05, 0) is 35.1 Å². The normalized spacial score (nSPS) is 10.7. The maximum atomic E-state index is 12.5. The van der Waals surface area contributed by atoms with Crippen molar-refractivity contribution in [3.8, 4) is 5.75 Å². The first kappa shape index (κ1) is 15.3. The van der Waals surface area contributed by atoms with E-state index in [1.807, 2.05) is 0 Å². The second kappa shape index (κ2) is 5.89. The van der Waals surface area contributed by atoms with Crippen LogP contribution in [-0.2, 0) is 17.0 Å². The van der Waals surface area contributed by atoms with Gasteiger partial charge in [-0.3, -0.25) is 0 Å². The monoisotopic (exact) mass is 289 g/mol. The average Bonchev–Trinajstić information content (AvgIpc) is 2.28. The molecule has 1 rings (SSSR count). The summed E-state index contributed by atoms with van der Waals surface area (Å²) in [5.41, 5.74) is 8.59. The fraction of sp³-hybridized carbons (Fsp3) is 0.250. The molecule has 2 N–H and O–H groups in total. The lowest BCUT2D eigenvalue weighted by Crippen LogP contribution is -2.30. The molecule has 19 heavy (non-hydrogen) atoms. The van der Waals surface area contributed by atoms with E-state index in [0.717, 1.165) is 6.07 Å². The molecule has 102 valence electrons. The van der Waals surface area contributed by atoms with Crippen LogP contribution in [0.3, 0.4) is 0 Å². The topological polar surface area (TPSA) is 133 Å². The standard InChI is InChI=1S/C8H9BFN3O5S/c1-5-6(4-12-13-11)2-7(9(14)15)3-8(5)18-19(10,16)17/h2-3,14-15H,4H2,1H3. The lowest BCUT2D eigenvalue weighted by Gasteiger charge is -2.11. The van der Waals surface area contributed by atoms with Crippen LogP contribution in [0.25, 0.3) is 10.4 Å². The molecule has 1 aromatic rings. The van der Waals surface area contributed by atoms with Crippen LogP contribution in [0.5, 0.6) is 5.75 Å². The lowest BCUT2D eigenvalue weighted by atomic mass is 9.78. The number of nitrogens with zero attached hydrogens (tertiary/aromatic N) is 3. The number of halogens is 1. The molecule has 0 aliphatic heterocycles. The Bertz CT molecular complexity index is 630. The van der Waals surface area contributed by atoms with Crippen LogP contribution in [0.15, 0.2) is 17.2 Å². The predicted octanol–water partition coefficient (Wildman–Crippen LogP) is 0.0782. The Hall–Kier alpha value is -1.81. The highest BCUT2D eigenvalue weighted by molar-refractivity contribution is 7.81. The summed E-state index contributed by atoms with van der Waals surface area (Å²) in [5, 5.41) is 21.3. The first-order valence-electron chi connectivity index (χ1n) is 4.89. The summed E-state index contributed by atoms with van der Waals surface area (Å²) >= 11 is 0. The Morgan fingerprint density at radius 1 is 1.53 bits per heavy atom. The molecule has 0 aliphatic carbocycles. The van der Waals surface area contributed by atoms with Gasteiger partial charge in [0.15, 0.2) is 0 Å². The maximum absolute atomic E-state index is 12.5. The number of hydrogen-bond donors (Lipinski definition) is 2. The number of benzene rings is 1. The molecule has 8 nitrogen and oxygen atoms in total. The molecule has 1 aromatic carbocycles. The van der Waals surface area contributed by atoms with Gasteiger partial charge in [-0.1, -0.05) is 15.1 Å². The fourth-order valence-corrected chi connectivity index (χ4v) is 1.77. The number of hydrogen-bond acceptors (Lipinski definition) is 6. The first-order valence-corrected chi connectivity index (χ1v) is 6.20. The van der Waals surface area contributed by atoms with Crippen molar-refractivity contribution in [2.24, 2.45) is 5.11 Å². The minimum Gasteiger partial charge on any atom is -0.423 e. The largest absolute Gasteiger partial charge is 0.488 e. The second-order valence-corrected chi connectivity index (χ2v) is 4.50. The fourth-order valence-electron chi connectivity index (χ4n) is 1.38. The average molecular weight is 289 g/mol. The van der Waals surface area contributed by atoms with Gasteiger partial charge in [0.2, 0.25) is 0 Å². The molecule has 0 bridgehead atoms. The Morgan fingerprint density at radius 2 is 2.16 bits per heavy atom. The van der Waals surface area contributed by atoms with E-state index in [4.69, 9.17) is 15.6 Å². The summed E-state index contributed by atoms with van der Waals surface area (Å²) in [6.07, 6.45) is 0. The van der Waals surface area contributed by atoms with Gasteiger partial charge in [-0.15, -0.1) is 0 Å². The molecular weight excluding hydrogens is 280 g/mol. The van der Waals surface area contributed by atoms with Crippen LogP contribution in [0.2, 0.25) is 0 Å². The minimum absolute atomic E-state index is 0.118. The van der Waals surface area contributed by atoms with Crippen molar-refractivity contribution in [3.05, 3.63) is 33.7 Å². The molecule has 0 radical (unpaired) electrons. The van der Waals surface area contributed by atoms with Crippen molar-refractivity contribution in [2.75, 3.05) is 0 Å². The molecule has 0 aliphatic rings. The summed E-state index contributed by atoms with van der Waals surface area (Å²) in [6.45, 7) is 1.24. The molecule has 0 spiro atoms. The lowest BCUT2D eigenvalue weighted by molar-refractivity contribution is 0.423. The van der Waals surface area contributed by atoms with Crippen LogP contribution < -0.4 is 9.65 Å². The minimum atomic E-state index is -5.25. The van der Waals surface area contributed by atoms with Gasteiger partial charge in [0.25, 0.3) is 0 Å². The zero-order valence-corrected chi connectivity index (χ0v) is 10.5. The van der Waals surface area contributed by atoms with Crippen LogP contribution in [0, 0.1) is 6.92 Å². The quantitative estimate of drug-likeness (QED) is 0.260. The Balaban J connectivity index is 3.35. The van der Waals surface area contributed by atoms with Crippen molar-refractivity contribution in [1.82, 2.24) is 0 Å². The summed E-state index contributed by atoms with van der Waals surface area (Å²) in [7, 11) is -7.15. The molecule has 0 fully saturated rings.